The molecule has 2 aliphatic heterocycles. The smallest absolute Gasteiger partial charge is 0.0570 e. The molecule has 0 aliphatic carbocycles. The van der Waals surface area contributed by atoms with Crippen molar-refractivity contribution < 1.29 is 5.11 Å². The van der Waals surface area contributed by atoms with Gasteiger partial charge in [-0.2, -0.15) is 0 Å². The molecule has 110 valence electrons. The van der Waals surface area contributed by atoms with Crippen LogP contribution in [0.1, 0.15) is 43.7 Å². The normalized spacial score (nSPS) is 31.4. The van der Waals surface area contributed by atoms with Gasteiger partial charge in [-0.05, 0) is 49.8 Å². The summed E-state index contributed by atoms with van der Waals surface area (Å²) in [5, 5.41) is 10.6. The second-order valence-electron chi connectivity index (χ2n) is 6.20. The molecule has 1 aromatic carbocycles. The average Bonchev–Trinajstić information content (AvgIpc) is 2.66. The fourth-order valence-corrected chi connectivity index (χ4v) is 4.00. The van der Waals surface area contributed by atoms with Gasteiger partial charge in [0.05, 0.1) is 6.10 Å². The van der Waals surface area contributed by atoms with E-state index in [0.29, 0.717) is 12.1 Å². The molecular weight excluding hydrogens is 272 g/mol. The summed E-state index contributed by atoms with van der Waals surface area (Å²) >= 11 is 6.02. The minimum absolute atomic E-state index is 0.0416. The molecule has 3 atom stereocenters. The molecule has 2 bridgehead atoms. The summed E-state index contributed by atoms with van der Waals surface area (Å²) in [7, 11) is 0. The van der Waals surface area contributed by atoms with Crippen LogP contribution in [-0.4, -0.2) is 34.7 Å². The zero-order valence-corrected chi connectivity index (χ0v) is 12.5. The van der Waals surface area contributed by atoms with Crippen LogP contribution in [0.15, 0.2) is 24.3 Å². The summed E-state index contributed by atoms with van der Waals surface area (Å²) in [5.41, 5.74) is 7.40. The molecule has 20 heavy (non-hydrogen) atoms. The Hall–Kier alpha value is -0.610. The van der Waals surface area contributed by atoms with E-state index in [1.54, 1.807) is 0 Å². The topological polar surface area (TPSA) is 49.5 Å². The van der Waals surface area contributed by atoms with Crippen molar-refractivity contribution in [3.63, 3.8) is 0 Å². The molecule has 3 rings (SSSR count). The van der Waals surface area contributed by atoms with Gasteiger partial charge in [0.15, 0.2) is 0 Å². The third kappa shape index (κ3) is 3.01. The number of halogens is 1. The van der Waals surface area contributed by atoms with Crippen molar-refractivity contribution in [2.75, 3.05) is 6.54 Å². The van der Waals surface area contributed by atoms with Gasteiger partial charge in [-0.1, -0.05) is 23.7 Å². The number of hydrogen-bond acceptors (Lipinski definition) is 3. The molecule has 4 heteroatoms. The van der Waals surface area contributed by atoms with Gasteiger partial charge in [-0.3, -0.25) is 4.90 Å². The number of piperidine rings is 1. The lowest BCUT2D eigenvalue weighted by atomic mass is 9.98. The minimum atomic E-state index is -0.0923. The number of nitrogens with zero attached hydrogens (tertiary/aromatic N) is 1. The van der Waals surface area contributed by atoms with Gasteiger partial charge in [-0.15, -0.1) is 0 Å². The fourth-order valence-electron chi connectivity index (χ4n) is 3.80. The van der Waals surface area contributed by atoms with Gasteiger partial charge in [-0.25, -0.2) is 0 Å². The van der Waals surface area contributed by atoms with E-state index >= 15 is 0 Å². The first-order chi connectivity index (χ1) is 9.63. The zero-order chi connectivity index (χ0) is 14.1. The zero-order valence-electron chi connectivity index (χ0n) is 11.7. The lowest BCUT2D eigenvalue weighted by molar-refractivity contribution is 0.0340. The average molecular weight is 295 g/mol. The van der Waals surface area contributed by atoms with E-state index in [-0.39, 0.29) is 12.1 Å². The molecule has 0 aromatic heterocycles. The summed E-state index contributed by atoms with van der Waals surface area (Å²) in [6.07, 6.45) is 5.18. The first kappa shape index (κ1) is 14.3. The highest BCUT2D eigenvalue weighted by atomic mass is 35.5. The standard InChI is InChI=1S/C16H23ClN2O/c17-12-3-1-2-11(8-12)16(18)6-7-19-13-4-5-14(19)10-15(20)9-13/h1-3,8,13-16,20H,4-7,9-10,18H2. The third-order valence-corrected chi connectivity index (χ3v) is 5.07. The Morgan fingerprint density at radius 2 is 2.00 bits per heavy atom. The highest BCUT2D eigenvalue weighted by Gasteiger charge is 2.39. The number of rotatable bonds is 4. The highest BCUT2D eigenvalue weighted by Crippen LogP contribution is 2.36. The van der Waals surface area contributed by atoms with Crippen molar-refractivity contribution in [1.29, 1.82) is 0 Å². The van der Waals surface area contributed by atoms with E-state index in [1.807, 2.05) is 24.3 Å². The number of aliphatic hydroxyl groups is 1. The van der Waals surface area contributed by atoms with Crippen molar-refractivity contribution in [3.8, 4) is 0 Å². The summed E-state index contributed by atoms with van der Waals surface area (Å²) in [6, 6.07) is 9.01. The number of hydrogen-bond donors (Lipinski definition) is 2. The number of fused-ring (bicyclic) bond motifs is 2. The van der Waals surface area contributed by atoms with Crippen LogP contribution in [0.4, 0.5) is 0 Å². The molecule has 3 N–H and O–H groups in total. The van der Waals surface area contributed by atoms with E-state index in [0.717, 1.165) is 36.4 Å². The molecule has 2 aliphatic rings. The van der Waals surface area contributed by atoms with E-state index < -0.39 is 0 Å². The van der Waals surface area contributed by atoms with Crippen molar-refractivity contribution >= 4 is 11.6 Å². The van der Waals surface area contributed by atoms with Crippen LogP contribution in [0, 0.1) is 0 Å². The maximum atomic E-state index is 9.83. The first-order valence-corrected chi connectivity index (χ1v) is 7.96. The van der Waals surface area contributed by atoms with Crippen molar-refractivity contribution in [3.05, 3.63) is 34.9 Å². The van der Waals surface area contributed by atoms with E-state index in [9.17, 15) is 5.11 Å². The summed E-state index contributed by atoms with van der Waals surface area (Å²) in [6.45, 7) is 1.02. The maximum Gasteiger partial charge on any atom is 0.0570 e. The Bertz CT molecular complexity index is 454. The van der Waals surface area contributed by atoms with Gasteiger partial charge < -0.3 is 10.8 Å². The van der Waals surface area contributed by atoms with Gasteiger partial charge in [0.2, 0.25) is 0 Å². The number of nitrogens with two attached hydrogens (primary N) is 1. The Morgan fingerprint density at radius 3 is 2.65 bits per heavy atom. The maximum absolute atomic E-state index is 9.83. The molecule has 1 aromatic rings. The molecule has 0 saturated carbocycles. The third-order valence-electron chi connectivity index (χ3n) is 4.83. The summed E-state index contributed by atoms with van der Waals surface area (Å²) in [5.74, 6) is 0. The fraction of sp³-hybridized carbons (Fsp3) is 0.625. The monoisotopic (exact) mass is 294 g/mol. The molecule has 3 nitrogen and oxygen atoms in total. The van der Waals surface area contributed by atoms with Crippen LogP contribution in [0.2, 0.25) is 5.02 Å². The van der Waals surface area contributed by atoms with Gasteiger partial charge in [0.1, 0.15) is 0 Å². The summed E-state index contributed by atoms with van der Waals surface area (Å²) < 4.78 is 0. The second-order valence-corrected chi connectivity index (χ2v) is 6.63. The minimum Gasteiger partial charge on any atom is -0.393 e. The lowest BCUT2D eigenvalue weighted by Crippen LogP contribution is -2.45. The Labute approximate surface area is 125 Å². The van der Waals surface area contributed by atoms with Crippen LogP contribution >= 0.6 is 11.6 Å². The number of benzene rings is 1. The van der Waals surface area contributed by atoms with Crippen LogP contribution < -0.4 is 5.73 Å². The highest BCUT2D eigenvalue weighted by molar-refractivity contribution is 6.30. The number of aliphatic hydroxyl groups excluding tert-OH is 1. The van der Waals surface area contributed by atoms with E-state index in [1.165, 1.54) is 12.8 Å². The SMILES string of the molecule is NC(CCN1C2CCC1CC(O)C2)c1cccc(Cl)c1. The van der Waals surface area contributed by atoms with Crippen molar-refractivity contribution in [2.24, 2.45) is 5.73 Å². The molecule has 2 heterocycles. The largest absolute Gasteiger partial charge is 0.393 e. The van der Waals surface area contributed by atoms with Gasteiger partial charge in [0, 0.05) is 29.7 Å². The van der Waals surface area contributed by atoms with Crippen LogP contribution in [0.25, 0.3) is 0 Å². The molecule has 0 amide bonds. The molecule has 3 unspecified atom stereocenters. The van der Waals surface area contributed by atoms with Crippen LogP contribution in [0.3, 0.4) is 0 Å². The van der Waals surface area contributed by atoms with Gasteiger partial charge >= 0.3 is 0 Å². The summed E-state index contributed by atoms with van der Waals surface area (Å²) in [4.78, 5) is 2.57. The first-order valence-electron chi connectivity index (χ1n) is 7.58. The van der Waals surface area contributed by atoms with E-state index in [2.05, 4.69) is 4.90 Å². The Kier molecular flexibility index (Phi) is 4.32. The van der Waals surface area contributed by atoms with Crippen LogP contribution in [0.5, 0.6) is 0 Å². The van der Waals surface area contributed by atoms with Crippen molar-refractivity contribution in [1.82, 2.24) is 4.90 Å². The Balaban J connectivity index is 1.57. The molecule has 2 fully saturated rings. The predicted octanol–water partition coefficient (Wildman–Crippen LogP) is 2.72. The van der Waals surface area contributed by atoms with Crippen LogP contribution in [-0.2, 0) is 0 Å². The molecule has 0 radical (unpaired) electrons. The molecule has 0 spiro atoms. The lowest BCUT2D eigenvalue weighted by Gasteiger charge is -2.37. The molecular formula is C16H23ClN2O. The van der Waals surface area contributed by atoms with Crippen molar-refractivity contribution in [2.45, 2.75) is 56.3 Å². The van der Waals surface area contributed by atoms with Gasteiger partial charge in [0.25, 0.3) is 0 Å². The molecule has 2 saturated heterocycles. The Morgan fingerprint density at radius 1 is 1.30 bits per heavy atom. The van der Waals surface area contributed by atoms with E-state index in [4.69, 9.17) is 17.3 Å². The quantitative estimate of drug-likeness (QED) is 0.898. The predicted molar refractivity (Wildman–Crippen MR) is 81.8 cm³/mol. The second kappa shape index (κ2) is 6.02.